The van der Waals surface area contributed by atoms with E-state index in [0.29, 0.717) is 0 Å². The number of para-hydroxylation sites is 1. The highest BCUT2D eigenvalue weighted by Crippen LogP contribution is 2.28. The fourth-order valence-corrected chi connectivity index (χ4v) is 3.56. The van der Waals surface area contributed by atoms with Gasteiger partial charge < -0.3 is 10.6 Å². The summed E-state index contributed by atoms with van der Waals surface area (Å²) >= 11 is 0. The standard InChI is InChI=1S/C17H26N2/c1-2-6-14(5-1)10-12-18-13-16-8-3-7-15-9-4-11-19-17(15)16/h3,7-8,14,18-19H,1-2,4-6,9-13H2. The number of benzene rings is 1. The molecule has 0 radical (unpaired) electrons. The fraction of sp³-hybridized carbons (Fsp3) is 0.647. The van der Waals surface area contributed by atoms with Crippen LogP contribution in [0.25, 0.3) is 0 Å². The quantitative estimate of drug-likeness (QED) is 0.787. The van der Waals surface area contributed by atoms with Crippen molar-refractivity contribution in [3.05, 3.63) is 29.3 Å². The van der Waals surface area contributed by atoms with Gasteiger partial charge in [0.2, 0.25) is 0 Å². The molecule has 2 N–H and O–H groups in total. The Morgan fingerprint density at radius 3 is 2.95 bits per heavy atom. The van der Waals surface area contributed by atoms with Crippen LogP contribution < -0.4 is 10.6 Å². The monoisotopic (exact) mass is 258 g/mol. The maximum atomic E-state index is 3.64. The van der Waals surface area contributed by atoms with Crippen LogP contribution in [0.4, 0.5) is 5.69 Å². The van der Waals surface area contributed by atoms with E-state index >= 15 is 0 Å². The normalized spacial score (nSPS) is 19.2. The summed E-state index contributed by atoms with van der Waals surface area (Å²) in [6.07, 6.45) is 9.71. The van der Waals surface area contributed by atoms with Gasteiger partial charge in [-0.05, 0) is 42.9 Å². The van der Waals surface area contributed by atoms with Crippen molar-refractivity contribution in [3.63, 3.8) is 0 Å². The Hall–Kier alpha value is -1.02. The Bertz CT molecular complexity index is 408. The van der Waals surface area contributed by atoms with Crippen molar-refractivity contribution in [3.8, 4) is 0 Å². The van der Waals surface area contributed by atoms with E-state index in [1.54, 1.807) is 0 Å². The second kappa shape index (κ2) is 6.42. The minimum Gasteiger partial charge on any atom is -0.385 e. The summed E-state index contributed by atoms with van der Waals surface area (Å²) in [6, 6.07) is 6.74. The molecule has 104 valence electrons. The van der Waals surface area contributed by atoms with Gasteiger partial charge in [0, 0.05) is 18.8 Å². The molecule has 2 heteroatoms. The van der Waals surface area contributed by atoms with Crippen molar-refractivity contribution in [2.24, 2.45) is 5.92 Å². The molecule has 2 nitrogen and oxygen atoms in total. The van der Waals surface area contributed by atoms with Crippen LogP contribution in [0.2, 0.25) is 0 Å². The predicted octanol–water partition coefficient (Wildman–Crippen LogP) is 3.71. The predicted molar refractivity (Wildman–Crippen MR) is 81.5 cm³/mol. The maximum absolute atomic E-state index is 3.64. The summed E-state index contributed by atoms with van der Waals surface area (Å²) in [7, 11) is 0. The van der Waals surface area contributed by atoms with Crippen LogP contribution >= 0.6 is 0 Å². The van der Waals surface area contributed by atoms with Crippen LogP contribution in [-0.2, 0) is 13.0 Å². The third-order valence-electron chi connectivity index (χ3n) is 4.68. The zero-order chi connectivity index (χ0) is 12.9. The number of hydrogen-bond donors (Lipinski definition) is 2. The second-order valence-electron chi connectivity index (χ2n) is 6.10. The molecule has 0 atom stereocenters. The molecular formula is C17H26N2. The van der Waals surface area contributed by atoms with Crippen LogP contribution in [-0.4, -0.2) is 13.1 Å². The summed E-state index contributed by atoms with van der Waals surface area (Å²) in [5, 5.41) is 7.21. The number of anilines is 1. The lowest BCUT2D eigenvalue weighted by molar-refractivity contribution is 0.477. The van der Waals surface area contributed by atoms with Gasteiger partial charge in [-0.2, -0.15) is 0 Å². The lowest BCUT2D eigenvalue weighted by Crippen LogP contribution is -2.20. The van der Waals surface area contributed by atoms with Crippen LogP contribution in [0.15, 0.2) is 18.2 Å². The van der Waals surface area contributed by atoms with Crippen LogP contribution in [0.1, 0.15) is 49.7 Å². The second-order valence-corrected chi connectivity index (χ2v) is 6.10. The van der Waals surface area contributed by atoms with Crippen LogP contribution in [0.3, 0.4) is 0 Å². The molecule has 1 fully saturated rings. The van der Waals surface area contributed by atoms with Gasteiger partial charge in [0.25, 0.3) is 0 Å². The van der Waals surface area contributed by atoms with E-state index in [2.05, 4.69) is 28.8 Å². The van der Waals surface area contributed by atoms with E-state index in [0.717, 1.165) is 19.0 Å². The van der Waals surface area contributed by atoms with Crippen molar-refractivity contribution >= 4 is 5.69 Å². The average molecular weight is 258 g/mol. The first kappa shape index (κ1) is 13.0. The lowest BCUT2D eigenvalue weighted by Gasteiger charge is -2.21. The molecule has 0 unspecified atom stereocenters. The van der Waals surface area contributed by atoms with Gasteiger partial charge in [-0.1, -0.05) is 43.9 Å². The molecule has 3 rings (SSSR count). The molecular weight excluding hydrogens is 232 g/mol. The van der Waals surface area contributed by atoms with E-state index in [-0.39, 0.29) is 0 Å². The highest BCUT2D eigenvalue weighted by molar-refractivity contribution is 5.59. The Morgan fingerprint density at radius 2 is 2.05 bits per heavy atom. The smallest absolute Gasteiger partial charge is 0.0418 e. The Labute approximate surface area is 117 Å². The largest absolute Gasteiger partial charge is 0.385 e. The molecule has 0 aromatic heterocycles. The first-order valence-corrected chi connectivity index (χ1v) is 7.99. The minimum absolute atomic E-state index is 0.996. The number of aryl methyl sites for hydroxylation is 1. The number of hydrogen-bond acceptors (Lipinski definition) is 2. The summed E-state index contributed by atoms with van der Waals surface area (Å²) in [4.78, 5) is 0. The van der Waals surface area contributed by atoms with Crippen LogP contribution in [0, 0.1) is 5.92 Å². The Morgan fingerprint density at radius 1 is 1.16 bits per heavy atom. The van der Waals surface area contributed by atoms with Crippen molar-refractivity contribution < 1.29 is 0 Å². The van der Waals surface area contributed by atoms with Gasteiger partial charge in [-0.3, -0.25) is 0 Å². The van der Waals surface area contributed by atoms with E-state index in [1.165, 1.54) is 68.3 Å². The molecule has 0 amide bonds. The molecule has 0 bridgehead atoms. The molecule has 0 spiro atoms. The molecule has 1 aliphatic heterocycles. The Balaban J connectivity index is 1.49. The molecule has 1 aromatic rings. The number of rotatable bonds is 5. The topological polar surface area (TPSA) is 24.1 Å². The van der Waals surface area contributed by atoms with Crippen molar-refractivity contribution in [2.75, 3.05) is 18.4 Å². The van der Waals surface area contributed by atoms with Gasteiger partial charge in [0.15, 0.2) is 0 Å². The summed E-state index contributed by atoms with van der Waals surface area (Å²) < 4.78 is 0. The molecule has 1 aliphatic carbocycles. The van der Waals surface area contributed by atoms with Crippen molar-refractivity contribution in [1.29, 1.82) is 0 Å². The zero-order valence-electron chi connectivity index (χ0n) is 11.9. The Kier molecular flexibility index (Phi) is 4.39. The van der Waals surface area contributed by atoms with Gasteiger partial charge >= 0.3 is 0 Å². The van der Waals surface area contributed by atoms with Crippen molar-refractivity contribution in [2.45, 2.75) is 51.5 Å². The highest BCUT2D eigenvalue weighted by atomic mass is 14.9. The van der Waals surface area contributed by atoms with E-state index in [9.17, 15) is 0 Å². The summed E-state index contributed by atoms with van der Waals surface area (Å²) in [5.74, 6) is 0.996. The van der Waals surface area contributed by atoms with Crippen molar-refractivity contribution in [1.82, 2.24) is 5.32 Å². The summed E-state index contributed by atoms with van der Waals surface area (Å²) in [5.41, 5.74) is 4.35. The molecule has 1 aromatic carbocycles. The average Bonchev–Trinajstić information content (AvgIpc) is 2.97. The van der Waals surface area contributed by atoms with Gasteiger partial charge in [0.1, 0.15) is 0 Å². The molecule has 2 aliphatic rings. The maximum Gasteiger partial charge on any atom is 0.0418 e. The molecule has 19 heavy (non-hydrogen) atoms. The highest BCUT2D eigenvalue weighted by Gasteiger charge is 2.15. The van der Waals surface area contributed by atoms with E-state index in [4.69, 9.17) is 0 Å². The lowest BCUT2D eigenvalue weighted by atomic mass is 9.99. The SMILES string of the molecule is c1cc2c(c(CNCCC3CCCC3)c1)NCCC2. The van der Waals surface area contributed by atoms with Gasteiger partial charge in [0.05, 0.1) is 0 Å². The van der Waals surface area contributed by atoms with E-state index in [1.807, 2.05) is 0 Å². The minimum atomic E-state index is 0.996. The third kappa shape index (κ3) is 3.30. The molecule has 0 saturated heterocycles. The fourth-order valence-electron chi connectivity index (χ4n) is 3.56. The first-order chi connectivity index (χ1) is 9.43. The third-order valence-corrected chi connectivity index (χ3v) is 4.68. The zero-order valence-corrected chi connectivity index (χ0v) is 11.9. The molecule has 1 heterocycles. The van der Waals surface area contributed by atoms with Gasteiger partial charge in [-0.25, -0.2) is 0 Å². The summed E-state index contributed by atoms with van der Waals surface area (Å²) in [6.45, 7) is 3.32. The van der Waals surface area contributed by atoms with E-state index < -0.39 is 0 Å². The number of nitrogens with one attached hydrogen (secondary N) is 2. The number of fused-ring (bicyclic) bond motifs is 1. The van der Waals surface area contributed by atoms with Crippen LogP contribution in [0.5, 0.6) is 0 Å². The van der Waals surface area contributed by atoms with Gasteiger partial charge in [-0.15, -0.1) is 0 Å². The molecule has 1 saturated carbocycles. The first-order valence-electron chi connectivity index (χ1n) is 7.99.